The van der Waals surface area contributed by atoms with E-state index in [1.54, 1.807) is 23.4 Å². The summed E-state index contributed by atoms with van der Waals surface area (Å²) in [5.41, 5.74) is 2.44. The third-order valence-corrected chi connectivity index (χ3v) is 4.75. The lowest BCUT2D eigenvalue weighted by molar-refractivity contribution is 0.0725. The van der Waals surface area contributed by atoms with Gasteiger partial charge in [-0.2, -0.15) is 0 Å². The number of morpholine rings is 1. The topological polar surface area (TPSA) is 71.5 Å². The van der Waals surface area contributed by atoms with Crippen LogP contribution < -0.4 is 4.90 Å². The second kappa shape index (κ2) is 6.93. The Balaban J connectivity index is 1.55. The normalized spacial score (nSPS) is 17.3. The molecule has 1 fully saturated rings. The molecule has 130 valence electrons. The molecule has 4 heterocycles. The van der Waals surface area contributed by atoms with Crippen LogP contribution in [-0.4, -0.2) is 58.6 Å². The molecule has 25 heavy (non-hydrogen) atoms. The van der Waals surface area contributed by atoms with E-state index in [4.69, 9.17) is 16.3 Å². The van der Waals surface area contributed by atoms with E-state index in [2.05, 4.69) is 19.9 Å². The Kier molecular flexibility index (Phi) is 4.50. The van der Waals surface area contributed by atoms with Crippen LogP contribution in [0, 0.1) is 0 Å². The van der Waals surface area contributed by atoms with Crippen LogP contribution in [0.2, 0.25) is 5.02 Å². The van der Waals surface area contributed by atoms with E-state index in [1.165, 1.54) is 6.20 Å². The van der Waals surface area contributed by atoms with Crippen molar-refractivity contribution in [3.8, 4) is 0 Å². The SMILES string of the molecule is O=C(c1ccc(Cl)cn1)N1CCc2c(ncnc2N2CCOCC2)C1. The molecule has 0 N–H and O–H groups in total. The molecule has 0 atom stereocenters. The maximum absolute atomic E-state index is 12.7. The molecular weight excluding hydrogens is 342 g/mol. The van der Waals surface area contributed by atoms with Crippen LogP contribution in [0.25, 0.3) is 0 Å². The van der Waals surface area contributed by atoms with Crippen molar-refractivity contribution in [1.82, 2.24) is 19.9 Å². The lowest BCUT2D eigenvalue weighted by atomic mass is 10.0. The Labute approximate surface area is 150 Å². The molecule has 2 aromatic rings. The van der Waals surface area contributed by atoms with Crippen molar-refractivity contribution in [1.29, 1.82) is 0 Å². The summed E-state index contributed by atoms with van der Waals surface area (Å²) in [4.78, 5) is 29.7. The molecule has 1 amide bonds. The van der Waals surface area contributed by atoms with Gasteiger partial charge in [0.15, 0.2) is 0 Å². The first kappa shape index (κ1) is 16.2. The zero-order chi connectivity index (χ0) is 17.2. The van der Waals surface area contributed by atoms with Crippen LogP contribution in [0.4, 0.5) is 5.82 Å². The predicted octanol–water partition coefficient (Wildman–Crippen LogP) is 1.56. The predicted molar refractivity (Wildman–Crippen MR) is 92.8 cm³/mol. The van der Waals surface area contributed by atoms with Crippen LogP contribution in [0.1, 0.15) is 21.7 Å². The van der Waals surface area contributed by atoms with Crippen LogP contribution in [0.3, 0.4) is 0 Å². The number of aromatic nitrogens is 3. The first-order valence-corrected chi connectivity index (χ1v) is 8.66. The summed E-state index contributed by atoms with van der Waals surface area (Å²) in [7, 11) is 0. The van der Waals surface area contributed by atoms with Crippen molar-refractivity contribution in [3.05, 3.63) is 46.6 Å². The summed E-state index contributed by atoms with van der Waals surface area (Å²) in [6, 6.07) is 3.33. The van der Waals surface area contributed by atoms with E-state index in [0.29, 0.717) is 37.0 Å². The Hall–Kier alpha value is -2.25. The summed E-state index contributed by atoms with van der Waals surface area (Å²) in [6.45, 7) is 4.19. The number of hydrogen-bond acceptors (Lipinski definition) is 6. The largest absolute Gasteiger partial charge is 0.378 e. The first-order chi connectivity index (χ1) is 12.2. The molecule has 2 aliphatic rings. The highest BCUT2D eigenvalue weighted by Crippen LogP contribution is 2.26. The van der Waals surface area contributed by atoms with Crippen LogP contribution >= 0.6 is 11.6 Å². The van der Waals surface area contributed by atoms with Gasteiger partial charge in [-0.1, -0.05) is 11.6 Å². The van der Waals surface area contributed by atoms with Gasteiger partial charge in [-0.25, -0.2) is 15.0 Å². The molecule has 0 radical (unpaired) electrons. The summed E-state index contributed by atoms with van der Waals surface area (Å²) in [5, 5.41) is 0.517. The lowest BCUT2D eigenvalue weighted by Gasteiger charge is -2.33. The smallest absolute Gasteiger partial charge is 0.272 e. The van der Waals surface area contributed by atoms with Gasteiger partial charge in [-0.05, 0) is 18.6 Å². The van der Waals surface area contributed by atoms with Crippen molar-refractivity contribution in [2.45, 2.75) is 13.0 Å². The number of rotatable bonds is 2. The standard InChI is InChI=1S/C17H18ClN5O2/c18-12-1-2-14(19-9-12)17(24)23-4-3-13-15(10-23)20-11-21-16(13)22-5-7-25-8-6-22/h1-2,9,11H,3-8,10H2. The van der Waals surface area contributed by atoms with Gasteiger partial charge in [0.1, 0.15) is 17.8 Å². The molecule has 0 saturated carbocycles. The number of pyridine rings is 1. The van der Waals surface area contributed by atoms with Crippen molar-refractivity contribution < 1.29 is 9.53 Å². The molecule has 0 aromatic carbocycles. The molecule has 0 unspecified atom stereocenters. The highest BCUT2D eigenvalue weighted by atomic mass is 35.5. The molecule has 2 aromatic heterocycles. The van der Waals surface area contributed by atoms with Gasteiger partial charge in [0.05, 0.1) is 30.5 Å². The van der Waals surface area contributed by atoms with E-state index in [1.807, 2.05) is 0 Å². The third kappa shape index (κ3) is 3.29. The number of carbonyl (C=O) groups excluding carboxylic acids is 1. The Morgan fingerprint density at radius 3 is 2.72 bits per heavy atom. The Bertz CT molecular complexity index is 777. The number of halogens is 1. The summed E-state index contributed by atoms with van der Waals surface area (Å²) in [6.07, 6.45) is 3.81. The number of nitrogens with zero attached hydrogens (tertiary/aromatic N) is 5. The number of ether oxygens (including phenoxy) is 1. The molecule has 8 heteroatoms. The number of hydrogen-bond donors (Lipinski definition) is 0. The molecule has 2 aliphatic heterocycles. The van der Waals surface area contributed by atoms with E-state index >= 15 is 0 Å². The summed E-state index contributed by atoms with van der Waals surface area (Å²) in [5.74, 6) is 0.874. The van der Waals surface area contributed by atoms with E-state index in [-0.39, 0.29) is 5.91 Å². The minimum Gasteiger partial charge on any atom is -0.378 e. The molecule has 7 nitrogen and oxygen atoms in total. The highest BCUT2D eigenvalue weighted by Gasteiger charge is 2.27. The third-order valence-electron chi connectivity index (χ3n) is 4.53. The van der Waals surface area contributed by atoms with E-state index in [9.17, 15) is 4.79 Å². The van der Waals surface area contributed by atoms with Crippen LogP contribution in [0.15, 0.2) is 24.7 Å². The fraction of sp³-hybridized carbons (Fsp3) is 0.412. The average molecular weight is 360 g/mol. The quantitative estimate of drug-likeness (QED) is 0.810. The molecule has 1 saturated heterocycles. The summed E-state index contributed by atoms with van der Waals surface area (Å²) < 4.78 is 5.42. The zero-order valence-corrected chi connectivity index (χ0v) is 14.4. The van der Waals surface area contributed by atoms with Crippen molar-refractivity contribution >= 4 is 23.3 Å². The second-order valence-corrected chi connectivity index (χ2v) is 6.50. The van der Waals surface area contributed by atoms with E-state index < -0.39 is 0 Å². The van der Waals surface area contributed by atoms with Gasteiger partial charge >= 0.3 is 0 Å². The molecule has 0 aliphatic carbocycles. The number of carbonyl (C=O) groups is 1. The lowest BCUT2D eigenvalue weighted by Crippen LogP contribution is -2.40. The fourth-order valence-electron chi connectivity index (χ4n) is 3.22. The van der Waals surface area contributed by atoms with Gasteiger partial charge < -0.3 is 14.5 Å². The monoisotopic (exact) mass is 359 g/mol. The Morgan fingerprint density at radius 1 is 1.12 bits per heavy atom. The molecular formula is C17H18ClN5O2. The Morgan fingerprint density at radius 2 is 1.96 bits per heavy atom. The first-order valence-electron chi connectivity index (χ1n) is 8.28. The van der Waals surface area contributed by atoms with Gasteiger partial charge in [0, 0.05) is 31.4 Å². The maximum Gasteiger partial charge on any atom is 0.272 e. The summed E-state index contributed by atoms with van der Waals surface area (Å²) >= 11 is 5.84. The molecule has 0 bridgehead atoms. The van der Waals surface area contributed by atoms with Crippen molar-refractivity contribution in [3.63, 3.8) is 0 Å². The zero-order valence-electron chi connectivity index (χ0n) is 13.7. The fourth-order valence-corrected chi connectivity index (χ4v) is 3.33. The maximum atomic E-state index is 12.7. The van der Waals surface area contributed by atoms with Gasteiger partial charge in [-0.3, -0.25) is 4.79 Å². The van der Waals surface area contributed by atoms with Crippen LogP contribution in [-0.2, 0) is 17.7 Å². The number of fused-ring (bicyclic) bond motifs is 1. The highest BCUT2D eigenvalue weighted by molar-refractivity contribution is 6.30. The van der Waals surface area contributed by atoms with Gasteiger partial charge in [0.2, 0.25) is 0 Å². The minimum absolute atomic E-state index is 0.103. The second-order valence-electron chi connectivity index (χ2n) is 6.06. The molecule has 4 rings (SSSR count). The van der Waals surface area contributed by atoms with Gasteiger partial charge in [-0.15, -0.1) is 0 Å². The number of amides is 1. The average Bonchev–Trinajstić information content (AvgIpc) is 2.68. The minimum atomic E-state index is -0.103. The molecule has 0 spiro atoms. The van der Waals surface area contributed by atoms with Crippen molar-refractivity contribution in [2.24, 2.45) is 0 Å². The van der Waals surface area contributed by atoms with E-state index in [0.717, 1.165) is 36.6 Å². The van der Waals surface area contributed by atoms with Crippen molar-refractivity contribution in [2.75, 3.05) is 37.7 Å². The number of anilines is 1. The van der Waals surface area contributed by atoms with Gasteiger partial charge in [0.25, 0.3) is 5.91 Å². The van der Waals surface area contributed by atoms with Crippen LogP contribution in [0.5, 0.6) is 0 Å².